The molecule has 1 aromatic rings. The van der Waals surface area contributed by atoms with Crippen LogP contribution in [-0.2, 0) is 14.3 Å². The van der Waals surface area contributed by atoms with Crippen molar-refractivity contribution in [1.82, 2.24) is 4.90 Å². The summed E-state index contributed by atoms with van der Waals surface area (Å²) in [6, 6.07) is 6.42. The van der Waals surface area contributed by atoms with E-state index in [9.17, 15) is 14.4 Å². The second-order valence-corrected chi connectivity index (χ2v) is 7.01. The Morgan fingerprint density at radius 3 is 2.42 bits per heavy atom. The predicted molar refractivity (Wildman–Crippen MR) is 97.9 cm³/mol. The predicted octanol–water partition coefficient (Wildman–Crippen LogP) is 2.76. The number of amides is 2. The maximum Gasteiger partial charge on any atom is 0.338 e. The fraction of sp³-hybridized carbons (Fsp3) is 0.550. The molecule has 1 saturated heterocycles. The van der Waals surface area contributed by atoms with Crippen molar-refractivity contribution in [3.63, 3.8) is 0 Å². The van der Waals surface area contributed by atoms with E-state index in [4.69, 9.17) is 4.74 Å². The first-order valence-electron chi connectivity index (χ1n) is 9.39. The molecule has 6 heteroatoms. The highest BCUT2D eigenvalue weighted by molar-refractivity contribution is 6.22. The van der Waals surface area contributed by atoms with E-state index in [-0.39, 0.29) is 18.2 Å². The maximum absolute atomic E-state index is 12.9. The van der Waals surface area contributed by atoms with Crippen molar-refractivity contribution in [2.75, 3.05) is 18.6 Å². The number of likely N-dealkylation sites (N-methyl/N-ethyl adjacent to an activating group) is 1. The van der Waals surface area contributed by atoms with Crippen LogP contribution >= 0.6 is 0 Å². The lowest BCUT2D eigenvalue weighted by atomic mass is 9.93. The fourth-order valence-electron chi connectivity index (χ4n) is 3.91. The molecule has 1 atom stereocenters. The molecule has 1 saturated carbocycles. The second-order valence-electron chi connectivity index (χ2n) is 7.01. The molecule has 140 valence electrons. The third-order valence-electron chi connectivity index (χ3n) is 5.40. The molecule has 1 aromatic carbocycles. The van der Waals surface area contributed by atoms with E-state index in [0.717, 1.165) is 12.8 Å². The minimum atomic E-state index is -0.409. The molecule has 26 heavy (non-hydrogen) atoms. The lowest BCUT2D eigenvalue weighted by Gasteiger charge is -2.34. The van der Waals surface area contributed by atoms with Crippen molar-refractivity contribution >= 4 is 23.5 Å². The molecule has 1 heterocycles. The Labute approximate surface area is 154 Å². The third kappa shape index (κ3) is 3.65. The van der Waals surface area contributed by atoms with Crippen LogP contribution in [0.3, 0.4) is 0 Å². The number of esters is 1. The molecule has 1 aliphatic heterocycles. The second kappa shape index (κ2) is 7.99. The van der Waals surface area contributed by atoms with Crippen LogP contribution in [0.2, 0.25) is 0 Å². The highest BCUT2D eigenvalue weighted by atomic mass is 16.5. The molecule has 0 aromatic heterocycles. The highest BCUT2D eigenvalue weighted by Crippen LogP contribution is 2.30. The van der Waals surface area contributed by atoms with Crippen molar-refractivity contribution in [1.29, 1.82) is 0 Å². The van der Waals surface area contributed by atoms with E-state index in [2.05, 4.69) is 4.90 Å². The molecule has 1 unspecified atom stereocenters. The summed E-state index contributed by atoms with van der Waals surface area (Å²) >= 11 is 0. The van der Waals surface area contributed by atoms with Crippen LogP contribution in [0.15, 0.2) is 24.3 Å². The van der Waals surface area contributed by atoms with Crippen molar-refractivity contribution in [3.8, 4) is 0 Å². The van der Waals surface area contributed by atoms with E-state index < -0.39 is 12.0 Å². The smallest absolute Gasteiger partial charge is 0.338 e. The van der Waals surface area contributed by atoms with Gasteiger partial charge in [-0.2, -0.15) is 0 Å². The lowest BCUT2D eigenvalue weighted by Crippen LogP contribution is -2.45. The summed E-state index contributed by atoms with van der Waals surface area (Å²) in [7, 11) is 1.96. The normalized spacial score (nSPS) is 21.5. The molecule has 0 spiro atoms. The van der Waals surface area contributed by atoms with Crippen molar-refractivity contribution in [2.45, 2.75) is 57.5 Å². The summed E-state index contributed by atoms with van der Waals surface area (Å²) in [5.74, 6) is -0.772. The zero-order valence-electron chi connectivity index (χ0n) is 15.4. The van der Waals surface area contributed by atoms with Crippen LogP contribution in [0.1, 0.15) is 55.8 Å². The van der Waals surface area contributed by atoms with E-state index in [1.165, 1.54) is 24.2 Å². The van der Waals surface area contributed by atoms with E-state index in [0.29, 0.717) is 23.9 Å². The minimum absolute atomic E-state index is 0.174. The van der Waals surface area contributed by atoms with Crippen LogP contribution in [0.25, 0.3) is 0 Å². The molecule has 3 rings (SSSR count). The van der Waals surface area contributed by atoms with Gasteiger partial charge in [0.25, 0.3) is 5.91 Å². The van der Waals surface area contributed by atoms with Crippen LogP contribution < -0.4 is 4.90 Å². The van der Waals surface area contributed by atoms with Gasteiger partial charge < -0.3 is 4.74 Å². The number of imide groups is 1. The van der Waals surface area contributed by atoms with Gasteiger partial charge in [-0.15, -0.1) is 0 Å². The molecular weight excluding hydrogens is 332 g/mol. The van der Waals surface area contributed by atoms with Gasteiger partial charge in [0.15, 0.2) is 0 Å². The average Bonchev–Trinajstić information content (AvgIpc) is 2.96. The first-order chi connectivity index (χ1) is 12.5. The number of carbonyl (C=O) groups is 3. The van der Waals surface area contributed by atoms with Gasteiger partial charge in [-0.1, -0.05) is 19.3 Å². The number of rotatable bonds is 5. The van der Waals surface area contributed by atoms with Crippen LogP contribution in [0.4, 0.5) is 5.69 Å². The summed E-state index contributed by atoms with van der Waals surface area (Å²) in [5, 5.41) is 0. The zero-order valence-corrected chi connectivity index (χ0v) is 15.4. The van der Waals surface area contributed by atoms with E-state index >= 15 is 0 Å². The van der Waals surface area contributed by atoms with Gasteiger partial charge in [-0.25, -0.2) is 9.69 Å². The van der Waals surface area contributed by atoms with Crippen molar-refractivity contribution in [2.24, 2.45) is 0 Å². The average molecular weight is 358 g/mol. The lowest BCUT2D eigenvalue weighted by molar-refractivity contribution is -0.123. The van der Waals surface area contributed by atoms with Crippen LogP contribution in [0.5, 0.6) is 0 Å². The van der Waals surface area contributed by atoms with Gasteiger partial charge in [-0.3, -0.25) is 14.5 Å². The van der Waals surface area contributed by atoms with Gasteiger partial charge in [0.05, 0.1) is 30.3 Å². The summed E-state index contributed by atoms with van der Waals surface area (Å²) in [5.41, 5.74) is 0.915. The van der Waals surface area contributed by atoms with Gasteiger partial charge in [-0.05, 0) is 51.1 Å². The molecule has 1 aliphatic carbocycles. The molecule has 0 N–H and O–H groups in total. The van der Waals surface area contributed by atoms with Gasteiger partial charge in [0, 0.05) is 6.04 Å². The number of hydrogen-bond acceptors (Lipinski definition) is 5. The monoisotopic (exact) mass is 358 g/mol. The molecule has 6 nitrogen and oxygen atoms in total. The summed E-state index contributed by atoms with van der Waals surface area (Å²) < 4.78 is 4.96. The number of hydrogen-bond donors (Lipinski definition) is 0. The number of nitrogens with zero attached hydrogens (tertiary/aromatic N) is 2. The summed E-state index contributed by atoms with van der Waals surface area (Å²) in [4.78, 5) is 40.5. The third-order valence-corrected chi connectivity index (χ3v) is 5.40. The Morgan fingerprint density at radius 1 is 1.15 bits per heavy atom. The van der Waals surface area contributed by atoms with Gasteiger partial charge >= 0.3 is 5.97 Å². The Morgan fingerprint density at radius 2 is 1.81 bits per heavy atom. The molecule has 2 amide bonds. The minimum Gasteiger partial charge on any atom is -0.462 e. The summed E-state index contributed by atoms with van der Waals surface area (Å²) in [6.07, 6.45) is 6.00. The van der Waals surface area contributed by atoms with Gasteiger partial charge in [0.1, 0.15) is 0 Å². The number of carbonyl (C=O) groups excluding carboxylic acids is 3. The van der Waals surface area contributed by atoms with E-state index in [1.807, 2.05) is 7.05 Å². The molecule has 0 radical (unpaired) electrons. The first-order valence-corrected chi connectivity index (χ1v) is 9.39. The zero-order chi connectivity index (χ0) is 18.7. The topological polar surface area (TPSA) is 66.9 Å². The standard InChI is InChI=1S/C20H26N2O4/c1-3-26-20(25)14-9-11-16(12-10-14)22-18(23)13-17(19(22)24)21(2)15-7-5-4-6-8-15/h9-12,15,17H,3-8,13H2,1-2H3. The quantitative estimate of drug-likeness (QED) is 0.598. The Hall–Kier alpha value is -2.21. The van der Waals surface area contributed by atoms with E-state index in [1.54, 1.807) is 31.2 Å². The Balaban J connectivity index is 1.73. The molecule has 2 aliphatic rings. The number of ether oxygens (including phenoxy) is 1. The molecule has 0 bridgehead atoms. The SMILES string of the molecule is CCOC(=O)c1ccc(N2C(=O)CC(N(C)C3CCCCC3)C2=O)cc1. The Bertz CT molecular complexity index is 680. The summed E-state index contributed by atoms with van der Waals surface area (Å²) in [6.45, 7) is 2.05. The number of anilines is 1. The number of benzene rings is 1. The maximum atomic E-state index is 12.9. The highest BCUT2D eigenvalue weighted by Gasteiger charge is 2.43. The van der Waals surface area contributed by atoms with Crippen molar-refractivity contribution < 1.29 is 19.1 Å². The van der Waals surface area contributed by atoms with Crippen LogP contribution in [0, 0.1) is 0 Å². The fourth-order valence-corrected chi connectivity index (χ4v) is 3.91. The molecule has 2 fully saturated rings. The van der Waals surface area contributed by atoms with Crippen LogP contribution in [-0.4, -0.2) is 48.4 Å². The van der Waals surface area contributed by atoms with Crippen molar-refractivity contribution in [3.05, 3.63) is 29.8 Å². The first kappa shape index (κ1) is 18.6. The molecular formula is C20H26N2O4. The van der Waals surface area contributed by atoms with Gasteiger partial charge in [0.2, 0.25) is 5.91 Å². The Kier molecular flexibility index (Phi) is 5.71. The largest absolute Gasteiger partial charge is 0.462 e.